The number of nitrogens with zero attached hydrogens (tertiary/aromatic N) is 3. The monoisotopic (exact) mass is 428 g/mol. The van der Waals surface area contributed by atoms with E-state index in [0.717, 1.165) is 37.2 Å². The zero-order valence-corrected chi connectivity index (χ0v) is 18.6. The topological polar surface area (TPSA) is 126 Å². The van der Waals surface area contributed by atoms with Gasteiger partial charge in [0.1, 0.15) is 5.56 Å². The lowest BCUT2D eigenvalue weighted by Gasteiger charge is -2.32. The second-order valence-electron chi connectivity index (χ2n) is 8.22. The summed E-state index contributed by atoms with van der Waals surface area (Å²) in [6.45, 7) is 9.69. The molecule has 5 N–H and O–H groups in total. The van der Waals surface area contributed by atoms with Gasteiger partial charge in [0.15, 0.2) is 5.82 Å². The molecule has 1 aliphatic rings. The van der Waals surface area contributed by atoms with Crippen LogP contribution in [-0.2, 0) is 6.54 Å². The molecule has 3 rings (SSSR count). The van der Waals surface area contributed by atoms with Gasteiger partial charge < -0.3 is 26.4 Å². The zero-order chi connectivity index (χ0) is 22.7. The van der Waals surface area contributed by atoms with E-state index in [0.29, 0.717) is 18.2 Å². The summed E-state index contributed by atoms with van der Waals surface area (Å²) in [6, 6.07) is 5.90. The van der Waals surface area contributed by atoms with Gasteiger partial charge in [-0.15, -0.1) is 0 Å². The maximum absolute atomic E-state index is 12.9. The van der Waals surface area contributed by atoms with Gasteiger partial charge in [-0.05, 0) is 64.3 Å². The fourth-order valence-electron chi connectivity index (χ4n) is 3.86. The Morgan fingerprint density at radius 3 is 2.55 bits per heavy atom. The van der Waals surface area contributed by atoms with Crippen molar-refractivity contribution in [2.75, 3.05) is 28.6 Å². The fraction of sp³-hybridized carbons (Fsp3) is 0.500. The first-order chi connectivity index (χ1) is 14.7. The minimum Gasteiger partial charge on any atom is -0.393 e. The summed E-state index contributed by atoms with van der Waals surface area (Å²) < 4.78 is 1.41. The Morgan fingerprint density at radius 1 is 1.32 bits per heavy atom. The molecular formula is C22H32N6O3. The van der Waals surface area contributed by atoms with E-state index in [1.807, 2.05) is 45.9 Å². The summed E-state index contributed by atoms with van der Waals surface area (Å²) in [5.74, 6) is -0.299. The van der Waals surface area contributed by atoms with E-state index in [9.17, 15) is 14.7 Å². The van der Waals surface area contributed by atoms with Crippen molar-refractivity contribution in [1.82, 2.24) is 9.55 Å². The number of carbonyl (C=O) groups excluding carboxylic acids is 1. The fourth-order valence-corrected chi connectivity index (χ4v) is 3.86. The van der Waals surface area contributed by atoms with Gasteiger partial charge in [0.25, 0.3) is 11.5 Å². The molecule has 9 nitrogen and oxygen atoms in total. The zero-order valence-electron chi connectivity index (χ0n) is 18.6. The summed E-state index contributed by atoms with van der Waals surface area (Å²) in [5, 5.41) is 16.0. The average molecular weight is 429 g/mol. The van der Waals surface area contributed by atoms with Crippen molar-refractivity contribution < 1.29 is 9.90 Å². The molecule has 0 atom stereocenters. The van der Waals surface area contributed by atoms with Crippen LogP contribution in [-0.4, -0.2) is 45.8 Å². The SMILES string of the molecule is CCn1c(NC(C)C)nc(Nc2ccc(N3CCC(O)CC3)c(C)c2)c(C(N)=O)c1=O. The maximum atomic E-state index is 12.9. The molecule has 1 aromatic heterocycles. The largest absolute Gasteiger partial charge is 0.393 e. The van der Waals surface area contributed by atoms with Crippen LogP contribution in [0.1, 0.15) is 49.5 Å². The van der Waals surface area contributed by atoms with Crippen LogP contribution in [0.2, 0.25) is 0 Å². The molecule has 0 saturated carbocycles. The molecule has 0 radical (unpaired) electrons. The average Bonchev–Trinajstić information content (AvgIpc) is 2.68. The number of carbonyl (C=O) groups is 1. The predicted molar refractivity (Wildman–Crippen MR) is 123 cm³/mol. The Balaban J connectivity index is 1.96. The van der Waals surface area contributed by atoms with Crippen molar-refractivity contribution in [3.05, 3.63) is 39.7 Å². The first kappa shape index (κ1) is 22.6. The van der Waals surface area contributed by atoms with Crippen LogP contribution in [0.3, 0.4) is 0 Å². The van der Waals surface area contributed by atoms with Gasteiger partial charge in [-0.1, -0.05) is 0 Å². The summed E-state index contributed by atoms with van der Waals surface area (Å²) in [6.07, 6.45) is 1.28. The molecule has 1 aliphatic heterocycles. The lowest BCUT2D eigenvalue weighted by atomic mass is 10.1. The van der Waals surface area contributed by atoms with Crippen molar-refractivity contribution >= 4 is 29.0 Å². The normalized spacial score (nSPS) is 14.7. The molecule has 0 bridgehead atoms. The first-order valence-corrected chi connectivity index (χ1v) is 10.7. The van der Waals surface area contributed by atoms with E-state index in [1.165, 1.54) is 4.57 Å². The summed E-state index contributed by atoms with van der Waals surface area (Å²) in [7, 11) is 0. The molecule has 1 fully saturated rings. The number of benzene rings is 1. The van der Waals surface area contributed by atoms with E-state index in [4.69, 9.17) is 5.73 Å². The molecule has 0 unspecified atom stereocenters. The highest BCUT2D eigenvalue weighted by Gasteiger charge is 2.22. The number of nitrogens with two attached hydrogens (primary N) is 1. The summed E-state index contributed by atoms with van der Waals surface area (Å²) in [5.41, 5.74) is 7.74. The van der Waals surface area contributed by atoms with Crippen molar-refractivity contribution in [2.24, 2.45) is 5.73 Å². The van der Waals surface area contributed by atoms with Gasteiger partial charge >= 0.3 is 0 Å². The third-order valence-electron chi connectivity index (χ3n) is 5.41. The second-order valence-corrected chi connectivity index (χ2v) is 8.22. The molecule has 168 valence electrons. The highest BCUT2D eigenvalue weighted by molar-refractivity contribution is 5.98. The number of nitrogens with one attached hydrogen (secondary N) is 2. The Morgan fingerprint density at radius 2 is 2.00 bits per heavy atom. The van der Waals surface area contributed by atoms with Gasteiger partial charge in [-0.3, -0.25) is 14.2 Å². The van der Waals surface area contributed by atoms with E-state index in [2.05, 4.69) is 20.5 Å². The van der Waals surface area contributed by atoms with Crippen LogP contribution >= 0.6 is 0 Å². The smallest absolute Gasteiger partial charge is 0.269 e. The number of primary amides is 1. The third-order valence-corrected chi connectivity index (χ3v) is 5.41. The Kier molecular flexibility index (Phi) is 6.84. The molecule has 31 heavy (non-hydrogen) atoms. The number of rotatable bonds is 7. The molecule has 1 amide bonds. The summed E-state index contributed by atoms with van der Waals surface area (Å²) in [4.78, 5) is 31.8. The molecule has 0 spiro atoms. The van der Waals surface area contributed by atoms with Crippen LogP contribution in [0.15, 0.2) is 23.0 Å². The number of amides is 1. The molecule has 2 aromatic rings. The quantitative estimate of drug-likeness (QED) is 0.533. The van der Waals surface area contributed by atoms with E-state index in [1.54, 1.807) is 0 Å². The molecule has 9 heteroatoms. The number of hydrogen-bond donors (Lipinski definition) is 4. The Labute approximate surface area is 182 Å². The number of aliphatic hydroxyl groups excluding tert-OH is 1. The van der Waals surface area contributed by atoms with Crippen molar-refractivity contribution in [3.63, 3.8) is 0 Å². The predicted octanol–water partition coefficient (Wildman–Crippen LogP) is 2.20. The maximum Gasteiger partial charge on any atom is 0.269 e. The minimum absolute atomic E-state index is 0.0570. The Hall–Kier alpha value is -3.07. The first-order valence-electron chi connectivity index (χ1n) is 10.7. The number of aromatic nitrogens is 2. The number of aliphatic hydroxyl groups is 1. The van der Waals surface area contributed by atoms with Crippen LogP contribution in [0.25, 0.3) is 0 Å². The van der Waals surface area contributed by atoms with Gasteiger partial charge in [0, 0.05) is 37.1 Å². The summed E-state index contributed by atoms with van der Waals surface area (Å²) >= 11 is 0. The van der Waals surface area contributed by atoms with Gasteiger partial charge in [0.2, 0.25) is 5.95 Å². The number of aryl methyl sites for hydroxylation is 1. The molecule has 1 aromatic carbocycles. The van der Waals surface area contributed by atoms with Crippen LogP contribution in [0, 0.1) is 6.92 Å². The van der Waals surface area contributed by atoms with Gasteiger partial charge in [-0.25, -0.2) is 0 Å². The number of hydrogen-bond acceptors (Lipinski definition) is 7. The minimum atomic E-state index is -0.821. The van der Waals surface area contributed by atoms with Crippen molar-refractivity contribution in [3.8, 4) is 0 Å². The number of piperidine rings is 1. The van der Waals surface area contributed by atoms with Crippen molar-refractivity contribution in [1.29, 1.82) is 0 Å². The molecule has 0 aliphatic carbocycles. The van der Waals surface area contributed by atoms with Crippen LogP contribution in [0.4, 0.5) is 23.1 Å². The highest BCUT2D eigenvalue weighted by atomic mass is 16.3. The number of anilines is 4. The Bertz CT molecular complexity index is 1010. The van der Waals surface area contributed by atoms with E-state index >= 15 is 0 Å². The standard InChI is InChI=1S/C22H32N6O3/c1-5-28-21(31)18(19(23)30)20(26-22(28)24-13(2)3)25-15-6-7-17(14(4)12-15)27-10-8-16(29)9-11-27/h6-7,12-13,16,25,29H,5,8-11H2,1-4H3,(H2,23,30)(H,24,26). The second kappa shape index (κ2) is 9.38. The van der Waals surface area contributed by atoms with Gasteiger partial charge in [-0.2, -0.15) is 4.98 Å². The van der Waals surface area contributed by atoms with Gasteiger partial charge in [0.05, 0.1) is 6.10 Å². The van der Waals surface area contributed by atoms with Crippen LogP contribution < -0.4 is 26.8 Å². The van der Waals surface area contributed by atoms with E-state index < -0.39 is 11.5 Å². The molecular weight excluding hydrogens is 396 g/mol. The van der Waals surface area contributed by atoms with E-state index in [-0.39, 0.29) is 23.5 Å². The lowest BCUT2D eigenvalue weighted by molar-refractivity contribution is 0.0999. The van der Waals surface area contributed by atoms with Crippen LogP contribution in [0.5, 0.6) is 0 Å². The molecule has 2 heterocycles. The highest BCUT2D eigenvalue weighted by Crippen LogP contribution is 2.28. The lowest BCUT2D eigenvalue weighted by Crippen LogP contribution is -2.36. The molecule has 1 saturated heterocycles. The van der Waals surface area contributed by atoms with Crippen molar-refractivity contribution in [2.45, 2.75) is 59.2 Å². The third kappa shape index (κ3) is 4.99.